The number of carbonyl (C=O) groups is 1. The summed E-state index contributed by atoms with van der Waals surface area (Å²) in [7, 11) is 1.60. The lowest BCUT2D eigenvalue weighted by molar-refractivity contribution is -0.137. The van der Waals surface area contributed by atoms with Crippen LogP contribution in [0, 0.1) is 0 Å². The van der Waals surface area contributed by atoms with E-state index in [2.05, 4.69) is 11.9 Å². The molecule has 0 aliphatic rings. The van der Waals surface area contributed by atoms with Crippen LogP contribution in [0.1, 0.15) is 19.8 Å². The van der Waals surface area contributed by atoms with E-state index >= 15 is 0 Å². The Hall–Kier alpha value is -3.02. The molecule has 1 N–H and O–H groups in total. The van der Waals surface area contributed by atoms with Crippen molar-refractivity contribution in [3.8, 4) is 22.9 Å². The van der Waals surface area contributed by atoms with Crippen LogP contribution in [-0.2, 0) is 11.3 Å². The summed E-state index contributed by atoms with van der Waals surface area (Å²) in [5.41, 5.74) is 2.33. The van der Waals surface area contributed by atoms with Crippen LogP contribution in [0.5, 0.6) is 11.5 Å². The Labute approximate surface area is 152 Å². The molecule has 0 saturated heterocycles. The topological polar surface area (TPSA) is 73.6 Å². The summed E-state index contributed by atoms with van der Waals surface area (Å²) < 4.78 is 12.9. The number of hydrogen-bond acceptors (Lipinski definition) is 4. The van der Waals surface area contributed by atoms with Gasteiger partial charge in [0.2, 0.25) is 0 Å². The lowest BCUT2D eigenvalue weighted by atomic mass is 10.2. The quantitative estimate of drug-likeness (QED) is 0.620. The Morgan fingerprint density at radius 1 is 1.19 bits per heavy atom. The molecule has 2 aromatic carbocycles. The molecule has 0 spiro atoms. The van der Waals surface area contributed by atoms with Gasteiger partial charge < -0.3 is 19.1 Å². The van der Waals surface area contributed by atoms with Crippen LogP contribution in [0.3, 0.4) is 0 Å². The normalized spacial score (nSPS) is 10.8. The summed E-state index contributed by atoms with van der Waals surface area (Å²) in [6, 6.07) is 13.0. The van der Waals surface area contributed by atoms with Crippen LogP contribution < -0.4 is 9.47 Å². The van der Waals surface area contributed by atoms with E-state index in [1.807, 2.05) is 42.5 Å². The number of carboxylic acids is 1. The van der Waals surface area contributed by atoms with Gasteiger partial charge in [0.25, 0.3) is 0 Å². The van der Waals surface area contributed by atoms with Gasteiger partial charge in [-0.15, -0.1) is 0 Å². The first-order valence-electron chi connectivity index (χ1n) is 8.62. The number of para-hydroxylation sites is 2. The standard InChI is InChI=1S/C20H22N2O4/c1-3-4-11-26-18-12-14(9-10-17(18)25-2)20-21-15-7-5-6-8-16(15)22(20)13-19(23)24/h5-10,12H,3-4,11,13H2,1-2H3,(H,23,24). The van der Waals surface area contributed by atoms with Gasteiger partial charge in [0.15, 0.2) is 11.5 Å². The molecule has 26 heavy (non-hydrogen) atoms. The molecule has 136 valence electrons. The minimum atomic E-state index is -0.915. The summed E-state index contributed by atoms with van der Waals surface area (Å²) in [5.74, 6) is 0.956. The van der Waals surface area contributed by atoms with E-state index in [0.717, 1.165) is 29.4 Å². The zero-order chi connectivity index (χ0) is 18.5. The number of hydrogen-bond donors (Lipinski definition) is 1. The van der Waals surface area contributed by atoms with Gasteiger partial charge in [0.05, 0.1) is 24.8 Å². The summed E-state index contributed by atoms with van der Waals surface area (Å²) >= 11 is 0. The minimum absolute atomic E-state index is 0.159. The van der Waals surface area contributed by atoms with Crippen molar-refractivity contribution in [1.29, 1.82) is 0 Å². The third-order valence-electron chi connectivity index (χ3n) is 4.13. The molecule has 0 fully saturated rings. The Morgan fingerprint density at radius 2 is 2.00 bits per heavy atom. The van der Waals surface area contributed by atoms with Crippen LogP contribution >= 0.6 is 0 Å². The number of aromatic nitrogens is 2. The fraction of sp³-hybridized carbons (Fsp3) is 0.300. The molecule has 0 saturated carbocycles. The third kappa shape index (κ3) is 3.64. The highest BCUT2D eigenvalue weighted by molar-refractivity contribution is 5.83. The van der Waals surface area contributed by atoms with Gasteiger partial charge in [-0.05, 0) is 36.8 Å². The average Bonchev–Trinajstić information content (AvgIpc) is 3.00. The number of benzene rings is 2. The van der Waals surface area contributed by atoms with E-state index in [-0.39, 0.29) is 6.54 Å². The first-order valence-corrected chi connectivity index (χ1v) is 8.62. The molecule has 0 amide bonds. The maximum absolute atomic E-state index is 11.3. The molecule has 6 heteroatoms. The van der Waals surface area contributed by atoms with Crippen molar-refractivity contribution in [2.24, 2.45) is 0 Å². The van der Waals surface area contributed by atoms with Crippen LogP contribution in [0.4, 0.5) is 0 Å². The molecule has 3 rings (SSSR count). The number of ether oxygens (including phenoxy) is 2. The highest BCUT2D eigenvalue weighted by Crippen LogP contribution is 2.33. The average molecular weight is 354 g/mol. The maximum atomic E-state index is 11.3. The van der Waals surface area contributed by atoms with Crippen molar-refractivity contribution in [3.63, 3.8) is 0 Å². The molecule has 0 radical (unpaired) electrons. The molecule has 0 aliphatic heterocycles. The van der Waals surface area contributed by atoms with E-state index in [0.29, 0.717) is 23.9 Å². The Balaban J connectivity index is 2.07. The van der Waals surface area contributed by atoms with E-state index in [1.165, 1.54) is 0 Å². The first kappa shape index (κ1) is 17.8. The predicted molar refractivity (Wildman–Crippen MR) is 99.8 cm³/mol. The molecule has 1 heterocycles. The molecule has 0 bridgehead atoms. The van der Waals surface area contributed by atoms with E-state index < -0.39 is 5.97 Å². The zero-order valence-electron chi connectivity index (χ0n) is 14.9. The van der Waals surface area contributed by atoms with Crippen LogP contribution in [-0.4, -0.2) is 34.3 Å². The number of imidazole rings is 1. The van der Waals surface area contributed by atoms with Crippen molar-refractivity contribution < 1.29 is 19.4 Å². The fourth-order valence-corrected chi connectivity index (χ4v) is 2.85. The molecular formula is C20H22N2O4. The monoisotopic (exact) mass is 354 g/mol. The number of nitrogens with zero attached hydrogens (tertiary/aromatic N) is 2. The van der Waals surface area contributed by atoms with Crippen molar-refractivity contribution in [1.82, 2.24) is 9.55 Å². The lowest BCUT2D eigenvalue weighted by Gasteiger charge is -2.13. The van der Waals surface area contributed by atoms with Gasteiger partial charge >= 0.3 is 5.97 Å². The number of methoxy groups -OCH3 is 1. The summed E-state index contributed by atoms with van der Waals surface area (Å²) in [4.78, 5) is 16.0. The molecular weight excluding hydrogens is 332 g/mol. The predicted octanol–water partition coefficient (Wildman–Crippen LogP) is 3.98. The van der Waals surface area contributed by atoms with Gasteiger partial charge in [-0.25, -0.2) is 4.98 Å². The van der Waals surface area contributed by atoms with E-state index in [9.17, 15) is 9.90 Å². The van der Waals surface area contributed by atoms with Gasteiger partial charge in [-0.3, -0.25) is 4.79 Å². The summed E-state index contributed by atoms with van der Waals surface area (Å²) in [6.45, 7) is 2.54. The number of fused-ring (bicyclic) bond motifs is 1. The number of carboxylic acid groups (broad SMARTS) is 1. The van der Waals surface area contributed by atoms with Gasteiger partial charge in [-0.2, -0.15) is 0 Å². The Kier molecular flexibility index (Phi) is 5.41. The van der Waals surface area contributed by atoms with Crippen molar-refractivity contribution in [2.45, 2.75) is 26.3 Å². The van der Waals surface area contributed by atoms with Gasteiger partial charge in [0.1, 0.15) is 12.4 Å². The van der Waals surface area contributed by atoms with Crippen molar-refractivity contribution in [3.05, 3.63) is 42.5 Å². The highest BCUT2D eigenvalue weighted by atomic mass is 16.5. The largest absolute Gasteiger partial charge is 0.493 e. The second-order valence-electron chi connectivity index (χ2n) is 5.97. The third-order valence-corrected chi connectivity index (χ3v) is 4.13. The molecule has 0 atom stereocenters. The van der Waals surface area contributed by atoms with Crippen LogP contribution in [0.2, 0.25) is 0 Å². The number of unbranched alkanes of at least 4 members (excludes halogenated alkanes) is 1. The molecule has 0 aliphatic carbocycles. The lowest BCUT2D eigenvalue weighted by Crippen LogP contribution is -2.10. The molecule has 6 nitrogen and oxygen atoms in total. The smallest absolute Gasteiger partial charge is 0.323 e. The minimum Gasteiger partial charge on any atom is -0.493 e. The SMILES string of the molecule is CCCCOc1cc(-c2nc3ccccc3n2CC(=O)O)ccc1OC. The summed E-state index contributed by atoms with van der Waals surface area (Å²) in [5, 5.41) is 9.30. The first-order chi connectivity index (χ1) is 12.6. The molecule has 3 aromatic rings. The fourth-order valence-electron chi connectivity index (χ4n) is 2.85. The van der Waals surface area contributed by atoms with Crippen LogP contribution in [0.25, 0.3) is 22.4 Å². The van der Waals surface area contributed by atoms with Crippen molar-refractivity contribution in [2.75, 3.05) is 13.7 Å². The second-order valence-corrected chi connectivity index (χ2v) is 5.97. The molecule has 0 unspecified atom stereocenters. The van der Waals surface area contributed by atoms with Crippen molar-refractivity contribution >= 4 is 17.0 Å². The highest BCUT2D eigenvalue weighted by Gasteiger charge is 2.16. The summed E-state index contributed by atoms with van der Waals surface area (Å²) in [6.07, 6.45) is 1.99. The van der Waals surface area contributed by atoms with Gasteiger partial charge in [0, 0.05) is 5.56 Å². The van der Waals surface area contributed by atoms with Gasteiger partial charge in [-0.1, -0.05) is 25.5 Å². The zero-order valence-corrected chi connectivity index (χ0v) is 14.9. The number of aliphatic carboxylic acids is 1. The number of rotatable bonds is 8. The van der Waals surface area contributed by atoms with E-state index in [4.69, 9.17) is 9.47 Å². The van der Waals surface area contributed by atoms with E-state index in [1.54, 1.807) is 11.7 Å². The Morgan fingerprint density at radius 3 is 2.73 bits per heavy atom. The second kappa shape index (κ2) is 7.91. The maximum Gasteiger partial charge on any atom is 0.323 e. The molecule has 1 aromatic heterocycles. The van der Waals surface area contributed by atoms with Crippen LogP contribution in [0.15, 0.2) is 42.5 Å². The Bertz CT molecular complexity index is 917.